The number of pyridine rings is 1. The minimum Gasteiger partial charge on any atom is -0.369 e. The Morgan fingerprint density at radius 2 is 1.66 bits per heavy atom. The Hall–Kier alpha value is -2.60. The highest BCUT2D eigenvalue weighted by Gasteiger charge is 2.16. The number of anilines is 3. The van der Waals surface area contributed by atoms with Crippen molar-refractivity contribution in [2.45, 2.75) is 26.7 Å². The minimum atomic E-state index is 0.00256. The summed E-state index contributed by atoms with van der Waals surface area (Å²) in [6.07, 6.45) is 3.59. The van der Waals surface area contributed by atoms with Gasteiger partial charge in [0.2, 0.25) is 0 Å². The number of nitrogens with zero attached hydrogens (tertiary/aromatic N) is 4. The largest absolute Gasteiger partial charge is 0.369 e. The first kappa shape index (κ1) is 21.1. The van der Waals surface area contributed by atoms with Crippen LogP contribution in [0.25, 0.3) is 0 Å². The summed E-state index contributed by atoms with van der Waals surface area (Å²) in [4.78, 5) is 23.8. The molecule has 1 fully saturated rings. The predicted octanol–water partition coefficient (Wildman–Crippen LogP) is 3.84. The van der Waals surface area contributed by atoms with Crippen LogP contribution in [0.15, 0.2) is 42.6 Å². The van der Waals surface area contributed by atoms with E-state index in [-0.39, 0.29) is 5.91 Å². The van der Waals surface area contributed by atoms with Crippen molar-refractivity contribution in [3.63, 3.8) is 0 Å². The quantitative estimate of drug-likeness (QED) is 0.736. The van der Waals surface area contributed by atoms with Gasteiger partial charge in [0.1, 0.15) is 5.69 Å². The summed E-state index contributed by atoms with van der Waals surface area (Å²) in [7, 11) is 2.17. The maximum absolute atomic E-state index is 12.8. The molecule has 1 aliphatic heterocycles. The lowest BCUT2D eigenvalue weighted by molar-refractivity contribution is 0.0749. The van der Waals surface area contributed by atoms with Crippen molar-refractivity contribution in [1.82, 2.24) is 14.8 Å². The molecule has 6 nitrogen and oxygen atoms in total. The Labute approximate surface area is 174 Å². The average Bonchev–Trinajstić information content (AvgIpc) is 2.74. The third-order valence-electron chi connectivity index (χ3n) is 5.28. The van der Waals surface area contributed by atoms with Crippen LogP contribution in [0.1, 0.15) is 37.2 Å². The predicted molar refractivity (Wildman–Crippen MR) is 120 cm³/mol. The minimum absolute atomic E-state index is 0.00256. The normalized spacial score (nSPS) is 14.7. The molecule has 0 atom stereocenters. The maximum Gasteiger partial charge on any atom is 0.272 e. The number of carbonyl (C=O) groups is 1. The molecule has 0 radical (unpaired) electrons. The number of likely N-dealkylation sites (N-methyl/N-ethyl adjacent to an activating group) is 1. The number of aromatic nitrogens is 1. The summed E-state index contributed by atoms with van der Waals surface area (Å²) in [5, 5.41) is 3.40. The molecule has 0 bridgehead atoms. The Kier molecular flexibility index (Phi) is 7.47. The van der Waals surface area contributed by atoms with Crippen LogP contribution in [-0.2, 0) is 0 Å². The number of hydrogen-bond acceptors (Lipinski definition) is 5. The first-order valence-corrected chi connectivity index (χ1v) is 10.7. The molecule has 0 saturated carbocycles. The zero-order valence-corrected chi connectivity index (χ0v) is 17.9. The zero-order valence-electron chi connectivity index (χ0n) is 17.9. The molecule has 2 aromatic rings. The number of piperazine rings is 1. The SMILES string of the molecule is CCCN(CCC)C(=O)c1cc(Nc2ccc(N3CCN(C)CC3)cc2)ccn1. The summed E-state index contributed by atoms with van der Waals surface area (Å²) in [6, 6.07) is 12.2. The highest BCUT2D eigenvalue weighted by molar-refractivity contribution is 5.93. The lowest BCUT2D eigenvalue weighted by Gasteiger charge is -2.34. The Balaban J connectivity index is 1.66. The van der Waals surface area contributed by atoms with E-state index in [2.05, 4.69) is 65.3 Å². The van der Waals surface area contributed by atoms with Crippen molar-refractivity contribution in [2.75, 3.05) is 56.5 Å². The van der Waals surface area contributed by atoms with Crippen molar-refractivity contribution in [3.05, 3.63) is 48.3 Å². The van der Waals surface area contributed by atoms with Gasteiger partial charge in [0.15, 0.2) is 0 Å². The second-order valence-electron chi connectivity index (χ2n) is 7.68. The second kappa shape index (κ2) is 10.3. The van der Waals surface area contributed by atoms with E-state index in [0.29, 0.717) is 5.69 Å². The van der Waals surface area contributed by atoms with Gasteiger partial charge in [-0.1, -0.05) is 13.8 Å². The molecule has 3 rings (SSSR count). The summed E-state index contributed by atoms with van der Waals surface area (Å²) < 4.78 is 0. The fourth-order valence-corrected chi connectivity index (χ4v) is 3.63. The Morgan fingerprint density at radius 1 is 1.00 bits per heavy atom. The van der Waals surface area contributed by atoms with Crippen molar-refractivity contribution in [2.24, 2.45) is 0 Å². The Morgan fingerprint density at radius 3 is 2.28 bits per heavy atom. The fourth-order valence-electron chi connectivity index (χ4n) is 3.63. The summed E-state index contributed by atoms with van der Waals surface area (Å²) in [5.74, 6) is 0.00256. The number of rotatable bonds is 8. The van der Waals surface area contributed by atoms with Crippen molar-refractivity contribution >= 4 is 23.0 Å². The van der Waals surface area contributed by atoms with E-state index in [0.717, 1.165) is 63.5 Å². The molecule has 1 N–H and O–H groups in total. The zero-order chi connectivity index (χ0) is 20.6. The first-order chi connectivity index (χ1) is 14.1. The van der Waals surface area contributed by atoms with Crippen molar-refractivity contribution in [3.8, 4) is 0 Å². The molecule has 1 aromatic carbocycles. The van der Waals surface area contributed by atoms with Crippen LogP contribution in [0.2, 0.25) is 0 Å². The van der Waals surface area contributed by atoms with Gasteiger partial charge in [-0.3, -0.25) is 9.78 Å². The summed E-state index contributed by atoms with van der Waals surface area (Å²) in [6.45, 7) is 10.0. The molecule has 2 heterocycles. The highest BCUT2D eigenvalue weighted by atomic mass is 16.2. The van der Waals surface area contributed by atoms with Gasteiger partial charge in [0.05, 0.1) is 0 Å². The van der Waals surface area contributed by atoms with Crippen molar-refractivity contribution in [1.29, 1.82) is 0 Å². The third kappa shape index (κ3) is 5.70. The lowest BCUT2D eigenvalue weighted by atomic mass is 10.2. The van der Waals surface area contributed by atoms with Crippen LogP contribution in [0.4, 0.5) is 17.1 Å². The van der Waals surface area contributed by atoms with Gasteiger partial charge in [0.25, 0.3) is 5.91 Å². The molecule has 1 amide bonds. The maximum atomic E-state index is 12.8. The standard InChI is InChI=1S/C23H33N5O/c1-4-12-28(13-5-2)23(29)22-18-20(10-11-24-22)25-19-6-8-21(9-7-19)27-16-14-26(3)15-17-27/h6-11,18H,4-5,12-17H2,1-3H3,(H,24,25). The van der Waals surface area contributed by atoms with E-state index in [9.17, 15) is 4.79 Å². The average molecular weight is 396 g/mol. The van der Waals surface area contributed by atoms with Crippen LogP contribution in [0, 0.1) is 0 Å². The van der Waals surface area contributed by atoms with E-state index in [4.69, 9.17) is 0 Å². The molecule has 0 spiro atoms. The molecule has 29 heavy (non-hydrogen) atoms. The molecule has 6 heteroatoms. The van der Waals surface area contributed by atoms with E-state index in [1.54, 1.807) is 6.20 Å². The van der Waals surface area contributed by atoms with Crippen LogP contribution in [0.5, 0.6) is 0 Å². The molecule has 1 aliphatic rings. The molecule has 1 aromatic heterocycles. The van der Waals surface area contributed by atoms with E-state index in [1.165, 1.54) is 5.69 Å². The highest BCUT2D eigenvalue weighted by Crippen LogP contribution is 2.22. The topological polar surface area (TPSA) is 51.7 Å². The molecular weight excluding hydrogens is 362 g/mol. The number of nitrogens with one attached hydrogen (secondary N) is 1. The molecule has 0 unspecified atom stereocenters. The number of carbonyl (C=O) groups excluding carboxylic acids is 1. The van der Waals surface area contributed by atoms with Crippen molar-refractivity contribution < 1.29 is 4.79 Å². The van der Waals surface area contributed by atoms with Gasteiger partial charge in [-0.25, -0.2) is 0 Å². The summed E-state index contributed by atoms with van der Waals surface area (Å²) >= 11 is 0. The van der Waals surface area contributed by atoms with Crippen LogP contribution in [0.3, 0.4) is 0 Å². The molecule has 0 aliphatic carbocycles. The van der Waals surface area contributed by atoms with Gasteiger partial charge >= 0.3 is 0 Å². The second-order valence-corrected chi connectivity index (χ2v) is 7.68. The Bertz CT molecular complexity index is 778. The van der Waals surface area contributed by atoms with Crippen LogP contribution >= 0.6 is 0 Å². The van der Waals surface area contributed by atoms with Gasteiger partial charge in [-0.2, -0.15) is 0 Å². The monoisotopic (exact) mass is 395 g/mol. The van der Waals surface area contributed by atoms with E-state index < -0.39 is 0 Å². The van der Waals surface area contributed by atoms with Crippen LogP contribution in [-0.4, -0.2) is 67.0 Å². The van der Waals surface area contributed by atoms with Crippen LogP contribution < -0.4 is 10.2 Å². The van der Waals surface area contributed by atoms with Gasteiger partial charge in [0, 0.05) is 62.5 Å². The van der Waals surface area contributed by atoms with Gasteiger partial charge in [-0.15, -0.1) is 0 Å². The van der Waals surface area contributed by atoms with E-state index >= 15 is 0 Å². The van der Waals surface area contributed by atoms with Gasteiger partial charge < -0.3 is 20.0 Å². The smallest absolute Gasteiger partial charge is 0.272 e. The van der Waals surface area contributed by atoms with E-state index in [1.807, 2.05) is 17.0 Å². The molecule has 156 valence electrons. The third-order valence-corrected chi connectivity index (χ3v) is 5.28. The number of hydrogen-bond donors (Lipinski definition) is 1. The molecular formula is C23H33N5O. The first-order valence-electron chi connectivity index (χ1n) is 10.7. The number of amides is 1. The van der Waals surface area contributed by atoms with Gasteiger partial charge in [-0.05, 0) is 56.3 Å². The number of benzene rings is 1. The molecule has 1 saturated heterocycles. The fraction of sp³-hybridized carbons (Fsp3) is 0.478. The lowest BCUT2D eigenvalue weighted by Crippen LogP contribution is -2.44. The summed E-state index contributed by atoms with van der Waals surface area (Å²) in [5.41, 5.74) is 3.63.